The van der Waals surface area contributed by atoms with Crippen LogP contribution in [-0.4, -0.2) is 21.8 Å². The van der Waals surface area contributed by atoms with Crippen molar-refractivity contribution in [1.29, 1.82) is 0 Å². The molecule has 0 bridgehead atoms. The molecule has 0 radical (unpaired) electrons. The molecule has 112 valence electrons. The fraction of sp³-hybridized carbons (Fsp3) is 0.316. The molecule has 21 heavy (non-hydrogen) atoms. The zero-order chi connectivity index (χ0) is 16.0. The molecule has 1 unspecified atom stereocenters. The standard InChI is InChI=1S/C19H27N2/c1-8-12-16-14-18(20-17(16)10-3)19(6,7)15(5)21(11-4)13-9-2/h8-15,20H,2-4H2,1,5-7H3/q+1/b12-8-,21-13?. The Morgan fingerprint density at radius 2 is 1.95 bits per heavy atom. The molecular formula is C19H27N2+. The quantitative estimate of drug-likeness (QED) is 0.549. The van der Waals surface area contributed by atoms with E-state index in [2.05, 4.69) is 62.2 Å². The lowest BCUT2D eigenvalue weighted by Crippen LogP contribution is -2.39. The molecule has 0 saturated heterocycles. The van der Waals surface area contributed by atoms with Crippen molar-refractivity contribution in [3.8, 4) is 0 Å². The fourth-order valence-electron chi connectivity index (χ4n) is 2.39. The highest BCUT2D eigenvalue weighted by Gasteiger charge is 2.36. The number of allylic oxidation sites excluding steroid dienone is 2. The number of aromatic nitrogens is 1. The van der Waals surface area contributed by atoms with Crippen molar-refractivity contribution < 1.29 is 4.58 Å². The maximum atomic E-state index is 3.89. The Hall–Kier alpha value is -2.09. The van der Waals surface area contributed by atoms with Crippen LogP contribution in [0.1, 0.15) is 44.6 Å². The van der Waals surface area contributed by atoms with Crippen molar-refractivity contribution in [1.82, 2.24) is 4.98 Å². The molecule has 2 heteroatoms. The molecule has 0 aliphatic heterocycles. The molecule has 1 atom stereocenters. The van der Waals surface area contributed by atoms with Gasteiger partial charge in [0.25, 0.3) is 0 Å². The first-order valence-corrected chi connectivity index (χ1v) is 7.26. The smallest absolute Gasteiger partial charge is 0.168 e. The summed E-state index contributed by atoms with van der Waals surface area (Å²) in [7, 11) is 0. The van der Waals surface area contributed by atoms with Gasteiger partial charge >= 0.3 is 0 Å². The van der Waals surface area contributed by atoms with Gasteiger partial charge in [0.05, 0.1) is 5.41 Å². The first kappa shape index (κ1) is 17.0. The van der Waals surface area contributed by atoms with Gasteiger partial charge in [-0.1, -0.05) is 25.3 Å². The highest BCUT2D eigenvalue weighted by molar-refractivity contribution is 5.65. The summed E-state index contributed by atoms with van der Waals surface area (Å²) in [5.74, 6) is 0. The number of H-pyrrole nitrogens is 1. The third-order valence-electron chi connectivity index (χ3n) is 4.10. The SMILES string of the molecule is C=CC=[N+](C=C)C(C)C(C)(C)c1cc(/C=C\C)c(C=C)[nH]1. The Kier molecular flexibility index (Phi) is 5.71. The third-order valence-corrected chi connectivity index (χ3v) is 4.10. The predicted octanol–water partition coefficient (Wildman–Crippen LogP) is 4.77. The Labute approximate surface area is 128 Å². The number of nitrogens with zero attached hydrogens (tertiary/aromatic N) is 1. The van der Waals surface area contributed by atoms with E-state index in [1.807, 2.05) is 31.5 Å². The average molecular weight is 283 g/mol. The van der Waals surface area contributed by atoms with Gasteiger partial charge < -0.3 is 4.98 Å². The van der Waals surface area contributed by atoms with Crippen LogP contribution in [0.15, 0.2) is 44.2 Å². The van der Waals surface area contributed by atoms with Crippen molar-refractivity contribution in [3.05, 3.63) is 61.1 Å². The van der Waals surface area contributed by atoms with E-state index in [9.17, 15) is 0 Å². The summed E-state index contributed by atoms with van der Waals surface area (Å²) in [5.41, 5.74) is 3.33. The summed E-state index contributed by atoms with van der Waals surface area (Å²) in [6, 6.07) is 2.44. The summed E-state index contributed by atoms with van der Waals surface area (Å²) < 4.78 is 2.08. The average Bonchev–Trinajstić information content (AvgIpc) is 2.88. The van der Waals surface area contributed by atoms with E-state index >= 15 is 0 Å². The van der Waals surface area contributed by atoms with Crippen LogP contribution in [0.2, 0.25) is 0 Å². The van der Waals surface area contributed by atoms with Crippen LogP contribution in [0.25, 0.3) is 12.2 Å². The normalized spacial score (nSPS) is 14.2. The molecule has 1 aromatic heterocycles. The van der Waals surface area contributed by atoms with Crippen LogP contribution in [-0.2, 0) is 5.41 Å². The van der Waals surface area contributed by atoms with Gasteiger partial charge in [-0.2, -0.15) is 0 Å². The van der Waals surface area contributed by atoms with Crippen LogP contribution in [0.5, 0.6) is 0 Å². The molecule has 0 saturated carbocycles. The van der Waals surface area contributed by atoms with Gasteiger partial charge in [-0.05, 0) is 58.1 Å². The van der Waals surface area contributed by atoms with Crippen LogP contribution < -0.4 is 0 Å². The zero-order valence-electron chi connectivity index (χ0n) is 13.7. The van der Waals surface area contributed by atoms with E-state index in [-0.39, 0.29) is 11.5 Å². The second kappa shape index (κ2) is 7.07. The minimum absolute atomic E-state index is 0.0781. The van der Waals surface area contributed by atoms with Crippen molar-refractivity contribution in [2.45, 2.75) is 39.2 Å². The van der Waals surface area contributed by atoms with Crippen molar-refractivity contribution in [2.24, 2.45) is 0 Å². The van der Waals surface area contributed by atoms with Crippen LogP contribution in [0.3, 0.4) is 0 Å². The lowest BCUT2D eigenvalue weighted by atomic mass is 9.81. The maximum absolute atomic E-state index is 3.89. The summed E-state index contributed by atoms with van der Waals surface area (Å²) >= 11 is 0. The van der Waals surface area contributed by atoms with Gasteiger partial charge in [-0.15, -0.1) is 0 Å². The van der Waals surface area contributed by atoms with E-state index in [1.54, 1.807) is 6.08 Å². The fourth-order valence-corrected chi connectivity index (χ4v) is 2.39. The molecule has 0 fully saturated rings. The van der Waals surface area contributed by atoms with Crippen molar-refractivity contribution in [2.75, 3.05) is 0 Å². The van der Waals surface area contributed by atoms with Gasteiger partial charge in [0.15, 0.2) is 18.5 Å². The molecule has 0 amide bonds. The third kappa shape index (κ3) is 3.52. The first-order valence-electron chi connectivity index (χ1n) is 7.26. The zero-order valence-corrected chi connectivity index (χ0v) is 13.7. The van der Waals surface area contributed by atoms with Gasteiger partial charge in [0, 0.05) is 11.4 Å². The highest BCUT2D eigenvalue weighted by Crippen LogP contribution is 2.30. The van der Waals surface area contributed by atoms with Crippen LogP contribution >= 0.6 is 0 Å². The topological polar surface area (TPSA) is 18.8 Å². The van der Waals surface area contributed by atoms with Crippen LogP contribution in [0.4, 0.5) is 0 Å². The lowest BCUT2D eigenvalue weighted by molar-refractivity contribution is -0.502. The molecule has 0 aliphatic carbocycles. The first-order chi connectivity index (χ1) is 9.92. The van der Waals surface area contributed by atoms with E-state index in [4.69, 9.17) is 0 Å². The number of aromatic amines is 1. The number of hydrogen-bond acceptors (Lipinski definition) is 0. The molecule has 1 aromatic rings. The molecule has 1 heterocycles. The van der Waals surface area contributed by atoms with Gasteiger partial charge in [0.2, 0.25) is 0 Å². The summed E-state index contributed by atoms with van der Waals surface area (Å²) in [5, 5.41) is 0. The Bertz CT molecular complexity index is 583. The number of nitrogens with one attached hydrogen (secondary N) is 1. The van der Waals surface area contributed by atoms with E-state index in [0.717, 1.165) is 5.69 Å². The van der Waals surface area contributed by atoms with Gasteiger partial charge in [-0.3, -0.25) is 0 Å². The molecule has 0 aliphatic rings. The molecule has 0 spiro atoms. The second-order valence-corrected chi connectivity index (χ2v) is 5.67. The lowest BCUT2D eigenvalue weighted by Gasteiger charge is -2.27. The number of hydrogen-bond donors (Lipinski definition) is 1. The van der Waals surface area contributed by atoms with E-state index in [1.165, 1.54) is 11.3 Å². The number of rotatable bonds is 7. The van der Waals surface area contributed by atoms with E-state index in [0.29, 0.717) is 0 Å². The van der Waals surface area contributed by atoms with Gasteiger partial charge in [0.1, 0.15) is 0 Å². The van der Waals surface area contributed by atoms with Crippen molar-refractivity contribution in [3.63, 3.8) is 0 Å². The molecule has 1 N–H and O–H groups in total. The van der Waals surface area contributed by atoms with E-state index < -0.39 is 0 Å². The van der Waals surface area contributed by atoms with Crippen LogP contribution in [0, 0.1) is 0 Å². The summed E-state index contributed by atoms with van der Waals surface area (Å²) in [4.78, 5) is 3.49. The Morgan fingerprint density at radius 1 is 1.29 bits per heavy atom. The van der Waals surface area contributed by atoms with Crippen molar-refractivity contribution >= 4 is 18.4 Å². The Balaban J connectivity index is 3.29. The summed E-state index contributed by atoms with van der Waals surface area (Å²) in [6.45, 7) is 20.2. The minimum Gasteiger partial charge on any atom is -0.358 e. The van der Waals surface area contributed by atoms with Gasteiger partial charge in [-0.25, -0.2) is 4.58 Å². The Morgan fingerprint density at radius 3 is 2.43 bits per heavy atom. The molecule has 2 nitrogen and oxygen atoms in total. The summed E-state index contributed by atoms with van der Waals surface area (Å²) in [6.07, 6.45) is 11.6. The molecular weight excluding hydrogens is 256 g/mol. The largest absolute Gasteiger partial charge is 0.358 e. The predicted molar refractivity (Wildman–Crippen MR) is 94.8 cm³/mol. The second-order valence-electron chi connectivity index (χ2n) is 5.67. The minimum atomic E-state index is -0.0781. The highest BCUT2D eigenvalue weighted by atomic mass is 15.0. The molecule has 1 rings (SSSR count). The maximum Gasteiger partial charge on any atom is 0.168 e. The monoisotopic (exact) mass is 283 g/mol. The molecule has 0 aromatic carbocycles.